The zero-order valence-electron chi connectivity index (χ0n) is 11.7. The molecule has 0 aliphatic heterocycles. The van der Waals surface area contributed by atoms with Gasteiger partial charge in [-0.05, 0) is 36.4 Å². The minimum absolute atomic E-state index is 0.176. The summed E-state index contributed by atoms with van der Waals surface area (Å²) >= 11 is 5.76. The van der Waals surface area contributed by atoms with E-state index in [2.05, 4.69) is 5.32 Å². The molecular weight excluding hydrogens is 309 g/mol. The van der Waals surface area contributed by atoms with Crippen LogP contribution in [0.3, 0.4) is 0 Å². The van der Waals surface area contributed by atoms with Crippen molar-refractivity contribution in [3.8, 4) is 11.5 Å². The van der Waals surface area contributed by atoms with Crippen molar-refractivity contribution in [2.45, 2.75) is 0 Å². The Hall–Kier alpha value is -2.27. The number of amides is 1. The number of rotatable bonds is 7. The van der Waals surface area contributed by atoms with Crippen LogP contribution in [0.15, 0.2) is 48.5 Å². The van der Waals surface area contributed by atoms with E-state index in [1.807, 2.05) is 0 Å². The van der Waals surface area contributed by atoms with Crippen LogP contribution in [-0.2, 0) is 4.79 Å². The molecule has 2 aromatic rings. The first-order valence-corrected chi connectivity index (χ1v) is 7.05. The van der Waals surface area contributed by atoms with Gasteiger partial charge in [-0.1, -0.05) is 17.7 Å². The van der Waals surface area contributed by atoms with Gasteiger partial charge in [0.25, 0.3) is 5.91 Å². The monoisotopic (exact) mass is 323 g/mol. The zero-order chi connectivity index (χ0) is 15.8. The molecule has 116 valence electrons. The lowest BCUT2D eigenvalue weighted by Gasteiger charge is -2.09. The van der Waals surface area contributed by atoms with Crippen molar-refractivity contribution in [3.05, 3.63) is 59.4 Å². The van der Waals surface area contributed by atoms with E-state index in [9.17, 15) is 9.18 Å². The van der Waals surface area contributed by atoms with Gasteiger partial charge in [-0.3, -0.25) is 4.79 Å². The van der Waals surface area contributed by atoms with Crippen LogP contribution in [0.25, 0.3) is 0 Å². The maximum absolute atomic E-state index is 12.9. The number of ether oxygens (including phenoxy) is 2. The van der Waals surface area contributed by atoms with Crippen LogP contribution in [0.4, 0.5) is 4.39 Å². The molecule has 0 aliphatic carbocycles. The van der Waals surface area contributed by atoms with Crippen molar-refractivity contribution in [2.24, 2.45) is 0 Å². The first-order valence-electron chi connectivity index (χ1n) is 6.67. The molecule has 0 fully saturated rings. The van der Waals surface area contributed by atoms with Crippen LogP contribution in [0.2, 0.25) is 5.02 Å². The first-order chi connectivity index (χ1) is 10.6. The maximum atomic E-state index is 12.9. The molecular formula is C16H15ClFNO3. The van der Waals surface area contributed by atoms with Crippen molar-refractivity contribution >= 4 is 17.5 Å². The summed E-state index contributed by atoms with van der Waals surface area (Å²) in [7, 11) is 0. The quantitative estimate of drug-likeness (QED) is 0.797. The molecule has 0 bridgehead atoms. The van der Waals surface area contributed by atoms with Crippen molar-refractivity contribution < 1.29 is 18.7 Å². The summed E-state index contributed by atoms with van der Waals surface area (Å²) in [5.41, 5.74) is 0. The molecule has 0 spiro atoms. The smallest absolute Gasteiger partial charge is 0.258 e. The van der Waals surface area contributed by atoms with Gasteiger partial charge in [0, 0.05) is 11.1 Å². The number of hydrogen-bond donors (Lipinski definition) is 1. The molecule has 22 heavy (non-hydrogen) atoms. The predicted molar refractivity (Wildman–Crippen MR) is 81.9 cm³/mol. The third-order valence-corrected chi connectivity index (χ3v) is 2.92. The van der Waals surface area contributed by atoms with E-state index in [-0.39, 0.29) is 12.5 Å². The van der Waals surface area contributed by atoms with Crippen molar-refractivity contribution in [1.29, 1.82) is 0 Å². The SMILES string of the molecule is O=C(COc1cccc(F)c1)NCCOc1ccc(Cl)cc1. The van der Waals surface area contributed by atoms with Gasteiger partial charge in [0.1, 0.15) is 23.9 Å². The average molecular weight is 324 g/mol. The molecule has 2 aromatic carbocycles. The Balaban J connectivity index is 1.62. The van der Waals surface area contributed by atoms with E-state index in [0.29, 0.717) is 29.7 Å². The van der Waals surface area contributed by atoms with E-state index < -0.39 is 5.82 Å². The Morgan fingerprint density at radius 1 is 1.09 bits per heavy atom. The maximum Gasteiger partial charge on any atom is 0.258 e. The standard InChI is InChI=1S/C16H15ClFNO3/c17-12-4-6-14(7-5-12)21-9-8-19-16(20)11-22-15-3-1-2-13(18)10-15/h1-7,10H,8-9,11H2,(H,19,20). The van der Waals surface area contributed by atoms with Crippen molar-refractivity contribution in [2.75, 3.05) is 19.8 Å². The molecule has 0 aromatic heterocycles. The predicted octanol–water partition coefficient (Wildman–Crippen LogP) is 3.05. The summed E-state index contributed by atoms with van der Waals surface area (Å²) in [6.45, 7) is 0.492. The third kappa shape index (κ3) is 5.61. The highest BCUT2D eigenvalue weighted by Gasteiger charge is 2.03. The lowest BCUT2D eigenvalue weighted by atomic mass is 10.3. The van der Waals surface area contributed by atoms with Crippen LogP contribution in [0.1, 0.15) is 0 Å². The summed E-state index contributed by atoms with van der Waals surface area (Å²) in [4.78, 5) is 11.6. The molecule has 0 saturated carbocycles. The second kappa shape index (κ2) is 8.24. The van der Waals surface area contributed by atoms with E-state index in [1.54, 1.807) is 30.3 Å². The fourth-order valence-electron chi connectivity index (χ4n) is 1.65. The molecule has 0 radical (unpaired) electrons. The minimum atomic E-state index is -0.408. The number of carbonyl (C=O) groups excluding carboxylic acids is 1. The molecule has 0 heterocycles. The van der Waals surface area contributed by atoms with E-state index in [1.165, 1.54) is 18.2 Å². The highest BCUT2D eigenvalue weighted by atomic mass is 35.5. The molecule has 0 saturated heterocycles. The third-order valence-electron chi connectivity index (χ3n) is 2.67. The molecule has 1 amide bonds. The van der Waals surface area contributed by atoms with Crippen LogP contribution in [0, 0.1) is 5.82 Å². The summed E-state index contributed by atoms with van der Waals surface area (Å²) in [6.07, 6.45) is 0. The summed E-state index contributed by atoms with van der Waals surface area (Å²) in [5, 5.41) is 3.27. The van der Waals surface area contributed by atoms with Gasteiger partial charge in [0.05, 0.1) is 6.54 Å². The summed E-state index contributed by atoms with van der Waals surface area (Å²) in [5.74, 6) is 0.278. The number of carbonyl (C=O) groups is 1. The number of benzene rings is 2. The lowest BCUT2D eigenvalue weighted by Crippen LogP contribution is -2.32. The number of nitrogens with one attached hydrogen (secondary N) is 1. The van der Waals surface area contributed by atoms with Crippen LogP contribution >= 0.6 is 11.6 Å². The van der Waals surface area contributed by atoms with Gasteiger partial charge >= 0.3 is 0 Å². The molecule has 0 unspecified atom stereocenters. The molecule has 0 atom stereocenters. The van der Waals surface area contributed by atoms with Gasteiger partial charge in [0.2, 0.25) is 0 Å². The van der Waals surface area contributed by atoms with Gasteiger partial charge < -0.3 is 14.8 Å². The fraction of sp³-hybridized carbons (Fsp3) is 0.188. The normalized spacial score (nSPS) is 10.1. The zero-order valence-corrected chi connectivity index (χ0v) is 12.5. The highest BCUT2D eigenvalue weighted by Crippen LogP contribution is 2.15. The van der Waals surface area contributed by atoms with Gasteiger partial charge in [-0.2, -0.15) is 0 Å². The second-order valence-electron chi connectivity index (χ2n) is 4.40. The molecule has 0 aliphatic rings. The van der Waals surface area contributed by atoms with Crippen LogP contribution < -0.4 is 14.8 Å². The summed E-state index contributed by atoms with van der Waals surface area (Å²) in [6, 6.07) is 12.6. The Morgan fingerprint density at radius 3 is 2.59 bits per heavy atom. The number of halogens is 2. The van der Waals surface area contributed by atoms with E-state index >= 15 is 0 Å². The van der Waals surface area contributed by atoms with E-state index in [4.69, 9.17) is 21.1 Å². The Labute approximate surface area is 132 Å². The number of hydrogen-bond acceptors (Lipinski definition) is 3. The molecule has 4 nitrogen and oxygen atoms in total. The fourth-order valence-corrected chi connectivity index (χ4v) is 1.77. The van der Waals surface area contributed by atoms with Gasteiger partial charge in [-0.25, -0.2) is 4.39 Å². The average Bonchev–Trinajstić information content (AvgIpc) is 2.51. The Kier molecular flexibility index (Phi) is 6.03. The molecule has 2 rings (SSSR count). The molecule has 1 N–H and O–H groups in total. The Bertz CT molecular complexity index is 619. The van der Waals surface area contributed by atoms with Gasteiger partial charge in [0.15, 0.2) is 6.61 Å². The van der Waals surface area contributed by atoms with Crippen LogP contribution in [0.5, 0.6) is 11.5 Å². The van der Waals surface area contributed by atoms with Crippen molar-refractivity contribution in [3.63, 3.8) is 0 Å². The van der Waals surface area contributed by atoms with Crippen LogP contribution in [-0.4, -0.2) is 25.7 Å². The largest absolute Gasteiger partial charge is 0.492 e. The lowest BCUT2D eigenvalue weighted by molar-refractivity contribution is -0.123. The minimum Gasteiger partial charge on any atom is -0.492 e. The van der Waals surface area contributed by atoms with Crippen molar-refractivity contribution in [1.82, 2.24) is 5.32 Å². The highest BCUT2D eigenvalue weighted by molar-refractivity contribution is 6.30. The Morgan fingerprint density at radius 2 is 1.86 bits per heavy atom. The first kappa shape index (κ1) is 16.1. The van der Waals surface area contributed by atoms with E-state index in [0.717, 1.165) is 0 Å². The second-order valence-corrected chi connectivity index (χ2v) is 4.83. The summed E-state index contributed by atoms with van der Waals surface area (Å²) < 4.78 is 23.5. The topological polar surface area (TPSA) is 47.6 Å². The molecule has 6 heteroatoms. The van der Waals surface area contributed by atoms with Gasteiger partial charge in [-0.15, -0.1) is 0 Å².